The predicted molar refractivity (Wildman–Crippen MR) is 73.2 cm³/mol. The summed E-state index contributed by atoms with van der Waals surface area (Å²) in [5.74, 6) is 0.676. The fourth-order valence-electron chi connectivity index (χ4n) is 1.49. The summed E-state index contributed by atoms with van der Waals surface area (Å²) in [5.41, 5.74) is 0.973. The molecular weight excluding hydrogens is 267 g/mol. The first-order valence-corrected chi connectivity index (χ1v) is 7.76. The van der Waals surface area contributed by atoms with Gasteiger partial charge in [0.05, 0.1) is 13.2 Å². The van der Waals surface area contributed by atoms with Gasteiger partial charge in [-0.3, -0.25) is 9.05 Å². The first-order chi connectivity index (χ1) is 9.00. The molecule has 0 spiro atoms. The van der Waals surface area contributed by atoms with Gasteiger partial charge in [0.25, 0.3) is 0 Å². The molecular formula is C13H21O5P. The van der Waals surface area contributed by atoms with Crippen molar-refractivity contribution in [1.82, 2.24) is 0 Å². The fourth-order valence-corrected chi connectivity index (χ4v) is 2.72. The highest BCUT2D eigenvalue weighted by atomic mass is 31.2. The average Bonchev–Trinajstić information content (AvgIpc) is 2.32. The predicted octanol–water partition coefficient (Wildman–Crippen LogP) is 3.92. The van der Waals surface area contributed by atoms with Gasteiger partial charge in [-0.1, -0.05) is 18.2 Å². The zero-order valence-corrected chi connectivity index (χ0v) is 12.7. The summed E-state index contributed by atoms with van der Waals surface area (Å²) in [6, 6.07) is 7.52. The molecule has 0 aliphatic rings. The quantitative estimate of drug-likeness (QED) is 0.536. The van der Waals surface area contributed by atoms with Crippen molar-refractivity contribution in [2.24, 2.45) is 0 Å². The second-order valence-electron chi connectivity index (χ2n) is 3.84. The van der Waals surface area contributed by atoms with Crippen LogP contribution in [-0.2, 0) is 18.1 Å². The van der Waals surface area contributed by atoms with E-state index in [0.717, 1.165) is 5.56 Å². The SMILES string of the molecule is CCOP(=O)(OCC)OC(C)Oc1ccccc1C. The standard InChI is InChI=1S/C13H21O5P/c1-5-15-19(14,16-6-2)18-12(4)17-13-10-8-7-9-11(13)3/h7-10,12H,5-6H2,1-4H3. The molecule has 0 fully saturated rings. The van der Waals surface area contributed by atoms with E-state index in [-0.39, 0.29) is 13.2 Å². The zero-order valence-electron chi connectivity index (χ0n) is 11.8. The van der Waals surface area contributed by atoms with Crippen LogP contribution >= 0.6 is 7.82 Å². The molecule has 0 saturated heterocycles. The molecule has 0 radical (unpaired) electrons. The van der Waals surface area contributed by atoms with Gasteiger partial charge in [0.15, 0.2) is 0 Å². The van der Waals surface area contributed by atoms with Crippen LogP contribution in [0, 0.1) is 6.92 Å². The lowest BCUT2D eigenvalue weighted by Gasteiger charge is -2.22. The number of benzene rings is 1. The molecule has 1 aromatic rings. The van der Waals surface area contributed by atoms with Crippen molar-refractivity contribution in [3.63, 3.8) is 0 Å². The van der Waals surface area contributed by atoms with Crippen LogP contribution in [0.15, 0.2) is 24.3 Å². The van der Waals surface area contributed by atoms with E-state index in [0.29, 0.717) is 5.75 Å². The van der Waals surface area contributed by atoms with Gasteiger partial charge in [-0.05, 0) is 39.3 Å². The minimum absolute atomic E-state index is 0.244. The maximum atomic E-state index is 12.2. The van der Waals surface area contributed by atoms with Crippen LogP contribution < -0.4 is 4.74 Å². The average molecular weight is 288 g/mol. The molecule has 0 saturated carbocycles. The second kappa shape index (κ2) is 7.65. The normalized spacial score (nSPS) is 13.3. The van der Waals surface area contributed by atoms with Crippen LogP contribution in [0.3, 0.4) is 0 Å². The fraction of sp³-hybridized carbons (Fsp3) is 0.538. The van der Waals surface area contributed by atoms with Gasteiger partial charge in [0.2, 0.25) is 6.29 Å². The van der Waals surface area contributed by atoms with Gasteiger partial charge in [-0.15, -0.1) is 0 Å². The van der Waals surface area contributed by atoms with Crippen molar-refractivity contribution < 1.29 is 22.9 Å². The Hall–Kier alpha value is -0.870. The molecule has 1 rings (SSSR count). The van der Waals surface area contributed by atoms with Crippen LogP contribution in [-0.4, -0.2) is 19.5 Å². The molecule has 0 N–H and O–H groups in total. The maximum Gasteiger partial charge on any atom is 0.477 e. The van der Waals surface area contributed by atoms with Crippen LogP contribution in [0.25, 0.3) is 0 Å². The maximum absolute atomic E-state index is 12.2. The third-order valence-electron chi connectivity index (χ3n) is 2.24. The number of phosphoric acid groups is 1. The van der Waals surface area contributed by atoms with Crippen molar-refractivity contribution in [3.8, 4) is 5.75 Å². The molecule has 1 aromatic carbocycles. The molecule has 0 heterocycles. The van der Waals surface area contributed by atoms with E-state index >= 15 is 0 Å². The van der Waals surface area contributed by atoms with E-state index in [1.54, 1.807) is 20.8 Å². The lowest BCUT2D eigenvalue weighted by Crippen LogP contribution is -2.17. The van der Waals surface area contributed by atoms with Gasteiger partial charge in [0, 0.05) is 0 Å². The molecule has 1 unspecified atom stereocenters. The Kier molecular flexibility index (Phi) is 6.52. The lowest BCUT2D eigenvalue weighted by molar-refractivity contribution is -0.0160. The lowest BCUT2D eigenvalue weighted by atomic mass is 10.2. The molecule has 0 aliphatic carbocycles. The smallest absolute Gasteiger partial charge is 0.464 e. The minimum atomic E-state index is -3.55. The Bertz CT molecular complexity index is 425. The van der Waals surface area contributed by atoms with Gasteiger partial charge in [-0.25, -0.2) is 9.09 Å². The Morgan fingerprint density at radius 3 is 2.26 bits per heavy atom. The van der Waals surface area contributed by atoms with Gasteiger partial charge in [0.1, 0.15) is 5.75 Å². The van der Waals surface area contributed by atoms with E-state index in [9.17, 15) is 4.57 Å². The molecule has 0 bridgehead atoms. The van der Waals surface area contributed by atoms with Crippen LogP contribution in [0.4, 0.5) is 0 Å². The van der Waals surface area contributed by atoms with Crippen molar-refractivity contribution in [2.45, 2.75) is 34.0 Å². The van der Waals surface area contributed by atoms with Crippen molar-refractivity contribution >= 4 is 7.82 Å². The Morgan fingerprint density at radius 2 is 1.74 bits per heavy atom. The van der Waals surface area contributed by atoms with E-state index in [4.69, 9.17) is 18.3 Å². The van der Waals surface area contributed by atoms with Crippen LogP contribution in [0.5, 0.6) is 5.75 Å². The van der Waals surface area contributed by atoms with E-state index < -0.39 is 14.1 Å². The van der Waals surface area contributed by atoms with Gasteiger partial charge >= 0.3 is 7.82 Å². The summed E-state index contributed by atoms with van der Waals surface area (Å²) in [6.45, 7) is 7.51. The van der Waals surface area contributed by atoms with Gasteiger partial charge < -0.3 is 4.74 Å². The molecule has 0 aromatic heterocycles. The Balaban J connectivity index is 2.65. The second-order valence-corrected chi connectivity index (χ2v) is 5.46. The third-order valence-corrected chi connectivity index (χ3v) is 3.94. The number of phosphoric ester groups is 1. The third kappa shape index (κ3) is 5.33. The molecule has 19 heavy (non-hydrogen) atoms. The number of aryl methyl sites for hydroxylation is 1. The molecule has 0 amide bonds. The molecule has 108 valence electrons. The monoisotopic (exact) mass is 288 g/mol. The highest BCUT2D eigenvalue weighted by molar-refractivity contribution is 7.48. The summed E-state index contributed by atoms with van der Waals surface area (Å²) in [6.07, 6.45) is -0.731. The Labute approximate surface area is 114 Å². The highest BCUT2D eigenvalue weighted by Crippen LogP contribution is 2.50. The minimum Gasteiger partial charge on any atom is -0.464 e. The number of para-hydroxylation sites is 1. The van der Waals surface area contributed by atoms with Gasteiger partial charge in [-0.2, -0.15) is 0 Å². The molecule has 1 atom stereocenters. The molecule has 5 nitrogen and oxygen atoms in total. The summed E-state index contributed by atoms with van der Waals surface area (Å²) in [5, 5.41) is 0. The topological polar surface area (TPSA) is 54.0 Å². The first kappa shape index (κ1) is 16.2. The first-order valence-electron chi connectivity index (χ1n) is 6.30. The summed E-state index contributed by atoms with van der Waals surface area (Å²) >= 11 is 0. The zero-order chi connectivity index (χ0) is 14.3. The Morgan fingerprint density at radius 1 is 1.16 bits per heavy atom. The number of ether oxygens (including phenoxy) is 1. The van der Waals surface area contributed by atoms with Crippen molar-refractivity contribution in [3.05, 3.63) is 29.8 Å². The largest absolute Gasteiger partial charge is 0.477 e. The molecule has 6 heteroatoms. The summed E-state index contributed by atoms with van der Waals surface area (Å²) < 4.78 is 33.1. The van der Waals surface area contributed by atoms with E-state index in [1.165, 1.54) is 0 Å². The highest BCUT2D eigenvalue weighted by Gasteiger charge is 2.29. The van der Waals surface area contributed by atoms with Crippen LogP contribution in [0.2, 0.25) is 0 Å². The van der Waals surface area contributed by atoms with Crippen molar-refractivity contribution in [2.75, 3.05) is 13.2 Å². The number of rotatable bonds is 8. The number of hydrogen-bond acceptors (Lipinski definition) is 5. The van der Waals surface area contributed by atoms with E-state index in [2.05, 4.69) is 0 Å². The number of hydrogen-bond donors (Lipinski definition) is 0. The molecule has 0 aliphatic heterocycles. The summed E-state index contributed by atoms with van der Waals surface area (Å²) in [7, 11) is -3.55. The summed E-state index contributed by atoms with van der Waals surface area (Å²) in [4.78, 5) is 0. The van der Waals surface area contributed by atoms with Crippen molar-refractivity contribution in [1.29, 1.82) is 0 Å². The van der Waals surface area contributed by atoms with Crippen LogP contribution in [0.1, 0.15) is 26.3 Å². The van der Waals surface area contributed by atoms with E-state index in [1.807, 2.05) is 31.2 Å².